The quantitative estimate of drug-likeness (QED) is 0.942. The monoisotopic (exact) mass is 310 g/mol. The number of sulfonamides is 1. The summed E-state index contributed by atoms with van der Waals surface area (Å²) in [5.41, 5.74) is 0.799. The lowest BCUT2D eigenvalue weighted by atomic mass is 10.2. The van der Waals surface area contributed by atoms with Crippen molar-refractivity contribution in [1.29, 1.82) is 0 Å². The second kappa shape index (κ2) is 5.64. The lowest BCUT2D eigenvalue weighted by Crippen LogP contribution is -2.21. The predicted octanol–water partition coefficient (Wildman–Crippen LogP) is 2.25. The molecule has 1 N–H and O–H groups in total. The molecular formula is C13H14N2O3S2. The van der Waals surface area contributed by atoms with Crippen molar-refractivity contribution in [2.75, 3.05) is 18.8 Å². The molecule has 0 aliphatic heterocycles. The summed E-state index contributed by atoms with van der Waals surface area (Å²) in [5, 5.41) is 1.69. The summed E-state index contributed by atoms with van der Waals surface area (Å²) in [6.45, 7) is 0. The normalized spacial score (nSPS) is 11.1. The molecule has 7 heteroatoms. The Morgan fingerprint density at radius 1 is 1.20 bits per heavy atom. The van der Waals surface area contributed by atoms with Gasteiger partial charge >= 0.3 is 0 Å². The highest BCUT2D eigenvalue weighted by Gasteiger charge is 2.16. The Kier molecular flexibility index (Phi) is 4.10. The number of thiophene rings is 1. The van der Waals surface area contributed by atoms with E-state index in [0.717, 1.165) is 11.3 Å². The number of rotatable bonds is 4. The van der Waals surface area contributed by atoms with Gasteiger partial charge in [-0.05, 0) is 29.6 Å². The van der Waals surface area contributed by atoms with Crippen LogP contribution in [0.3, 0.4) is 0 Å². The van der Waals surface area contributed by atoms with Gasteiger partial charge in [0, 0.05) is 25.3 Å². The van der Waals surface area contributed by atoms with Crippen molar-refractivity contribution in [3.05, 3.63) is 47.3 Å². The summed E-state index contributed by atoms with van der Waals surface area (Å²) < 4.78 is 26.9. The summed E-state index contributed by atoms with van der Waals surface area (Å²) in [4.78, 5) is 13.3. The molecule has 0 unspecified atom stereocenters. The van der Waals surface area contributed by atoms with Crippen molar-refractivity contribution in [2.45, 2.75) is 4.21 Å². The minimum atomic E-state index is -3.59. The van der Waals surface area contributed by atoms with Gasteiger partial charge in [-0.1, -0.05) is 12.1 Å². The topological polar surface area (TPSA) is 66.5 Å². The van der Waals surface area contributed by atoms with Gasteiger partial charge in [0.1, 0.15) is 4.21 Å². The van der Waals surface area contributed by atoms with Crippen LogP contribution in [-0.4, -0.2) is 33.3 Å². The molecule has 0 aliphatic rings. The Morgan fingerprint density at radius 3 is 2.55 bits per heavy atom. The fourth-order valence-electron chi connectivity index (χ4n) is 1.60. The highest BCUT2D eigenvalue weighted by atomic mass is 32.2. The first kappa shape index (κ1) is 14.5. The van der Waals surface area contributed by atoms with Crippen LogP contribution in [0.2, 0.25) is 0 Å². The third kappa shape index (κ3) is 3.17. The molecule has 0 saturated heterocycles. The van der Waals surface area contributed by atoms with Gasteiger partial charge in [0.15, 0.2) is 0 Å². The maximum atomic E-state index is 12.1. The van der Waals surface area contributed by atoms with Crippen LogP contribution in [0, 0.1) is 0 Å². The minimum Gasteiger partial charge on any atom is -0.345 e. The van der Waals surface area contributed by atoms with E-state index in [2.05, 4.69) is 4.72 Å². The zero-order valence-electron chi connectivity index (χ0n) is 11.0. The van der Waals surface area contributed by atoms with Crippen LogP contribution >= 0.6 is 11.3 Å². The molecule has 0 spiro atoms. The number of nitrogens with zero attached hydrogens (tertiary/aromatic N) is 1. The highest BCUT2D eigenvalue weighted by Crippen LogP contribution is 2.21. The average molecular weight is 310 g/mol. The molecule has 5 nitrogen and oxygen atoms in total. The third-order valence-corrected chi connectivity index (χ3v) is 5.31. The fraction of sp³-hybridized carbons (Fsp3) is 0.154. The summed E-state index contributed by atoms with van der Waals surface area (Å²) in [5.74, 6) is -0.179. The molecule has 0 radical (unpaired) electrons. The van der Waals surface area contributed by atoms with E-state index in [1.54, 1.807) is 43.7 Å². The molecule has 2 aromatic rings. The molecule has 1 heterocycles. The zero-order chi connectivity index (χ0) is 14.8. The number of hydrogen-bond acceptors (Lipinski definition) is 4. The van der Waals surface area contributed by atoms with Crippen LogP contribution in [0.5, 0.6) is 0 Å². The Morgan fingerprint density at radius 2 is 1.95 bits per heavy atom. The summed E-state index contributed by atoms with van der Waals surface area (Å²) in [7, 11) is -0.302. The van der Waals surface area contributed by atoms with E-state index in [1.165, 1.54) is 17.0 Å². The lowest BCUT2D eigenvalue weighted by Gasteiger charge is -2.12. The standard InChI is InChI=1S/C13H14N2O3S2/c1-15(2)13(16)10-5-3-6-11(9-10)14-20(17,18)12-7-4-8-19-12/h3-9,14H,1-2H3. The van der Waals surface area contributed by atoms with Crippen molar-refractivity contribution >= 4 is 33.0 Å². The van der Waals surface area contributed by atoms with Gasteiger partial charge in [-0.2, -0.15) is 0 Å². The van der Waals surface area contributed by atoms with E-state index in [1.807, 2.05) is 0 Å². The Bertz CT molecular complexity index is 707. The summed E-state index contributed by atoms with van der Waals surface area (Å²) in [6.07, 6.45) is 0. The highest BCUT2D eigenvalue weighted by molar-refractivity contribution is 7.94. The van der Waals surface area contributed by atoms with Crippen molar-refractivity contribution in [3.8, 4) is 0 Å². The van der Waals surface area contributed by atoms with Gasteiger partial charge < -0.3 is 4.90 Å². The smallest absolute Gasteiger partial charge is 0.271 e. The summed E-state index contributed by atoms with van der Waals surface area (Å²) in [6, 6.07) is 9.62. The molecule has 106 valence electrons. The molecule has 20 heavy (non-hydrogen) atoms. The van der Waals surface area contributed by atoms with Gasteiger partial charge in [-0.25, -0.2) is 8.42 Å². The fourth-order valence-corrected chi connectivity index (χ4v) is 3.64. The van der Waals surface area contributed by atoms with E-state index < -0.39 is 10.0 Å². The maximum Gasteiger partial charge on any atom is 0.271 e. The molecule has 0 saturated carbocycles. The van der Waals surface area contributed by atoms with Gasteiger partial charge in [0.2, 0.25) is 0 Å². The van der Waals surface area contributed by atoms with Crippen LogP contribution in [-0.2, 0) is 10.0 Å². The van der Waals surface area contributed by atoms with Crippen LogP contribution in [0.4, 0.5) is 5.69 Å². The number of nitrogens with one attached hydrogen (secondary N) is 1. The van der Waals surface area contributed by atoms with Gasteiger partial charge in [0.05, 0.1) is 0 Å². The predicted molar refractivity (Wildman–Crippen MR) is 79.6 cm³/mol. The molecule has 0 aliphatic carbocycles. The van der Waals surface area contributed by atoms with Crippen LogP contribution in [0.25, 0.3) is 0 Å². The minimum absolute atomic E-state index is 0.179. The van der Waals surface area contributed by atoms with Crippen molar-refractivity contribution < 1.29 is 13.2 Å². The van der Waals surface area contributed by atoms with Crippen LogP contribution < -0.4 is 4.72 Å². The first-order valence-electron chi connectivity index (χ1n) is 5.78. The first-order valence-corrected chi connectivity index (χ1v) is 8.14. The van der Waals surface area contributed by atoms with Crippen molar-refractivity contribution in [3.63, 3.8) is 0 Å². The molecule has 1 aromatic carbocycles. The Hall–Kier alpha value is -1.86. The molecule has 0 bridgehead atoms. The van der Waals surface area contributed by atoms with Gasteiger partial charge in [-0.15, -0.1) is 11.3 Å². The number of amides is 1. The van der Waals surface area contributed by atoms with E-state index in [4.69, 9.17) is 0 Å². The molecular weight excluding hydrogens is 296 g/mol. The number of benzene rings is 1. The molecule has 2 rings (SSSR count). The molecule has 0 atom stereocenters. The SMILES string of the molecule is CN(C)C(=O)c1cccc(NS(=O)(=O)c2cccs2)c1. The van der Waals surface area contributed by atoms with Crippen LogP contribution in [0.1, 0.15) is 10.4 Å². The molecule has 0 fully saturated rings. The van der Waals surface area contributed by atoms with Crippen molar-refractivity contribution in [2.24, 2.45) is 0 Å². The van der Waals surface area contributed by atoms with E-state index >= 15 is 0 Å². The van der Waals surface area contributed by atoms with Crippen LogP contribution in [0.15, 0.2) is 46.0 Å². The number of carbonyl (C=O) groups is 1. The Balaban J connectivity index is 2.27. The largest absolute Gasteiger partial charge is 0.345 e. The molecule has 1 aromatic heterocycles. The van der Waals surface area contributed by atoms with Gasteiger partial charge in [-0.3, -0.25) is 9.52 Å². The average Bonchev–Trinajstić information content (AvgIpc) is 2.92. The van der Waals surface area contributed by atoms with E-state index in [0.29, 0.717) is 11.3 Å². The zero-order valence-corrected chi connectivity index (χ0v) is 12.7. The number of hydrogen-bond donors (Lipinski definition) is 1. The third-order valence-electron chi connectivity index (χ3n) is 2.53. The second-order valence-corrected chi connectivity index (χ2v) is 7.17. The Labute approximate surface area is 121 Å². The van der Waals surface area contributed by atoms with Crippen molar-refractivity contribution in [1.82, 2.24) is 4.90 Å². The molecule has 1 amide bonds. The van der Waals surface area contributed by atoms with E-state index in [9.17, 15) is 13.2 Å². The van der Waals surface area contributed by atoms with Gasteiger partial charge in [0.25, 0.3) is 15.9 Å². The number of carbonyl (C=O) groups excluding carboxylic acids is 1. The second-order valence-electron chi connectivity index (χ2n) is 4.32. The first-order chi connectivity index (χ1) is 9.40. The maximum absolute atomic E-state index is 12.1. The van der Waals surface area contributed by atoms with E-state index in [-0.39, 0.29) is 10.1 Å². The summed E-state index contributed by atoms with van der Waals surface area (Å²) >= 11 is 1.14. The lowest BCUT2D eigenvalue weighted by molar-refractivity contribution is 0.0827. The number of anilines is 1.